The predicted molar refractivity (Wildman–Crippen MR) is 122 cm³/mol. The molecule has 2 heterocycles. The predicted octanol–water partition coefficient (Wildman–Crippen LogP) is 5.07. The Morgan fingerprint density at radius 1 is 0.967 bits per heavy atom. The number of rotatable bonds is 14. The molecule has 2 saturated heterocycles. The van der Waals surface area contributed by atoms with Crippen LogP contribution in [0.25, 0.3) is 0 Å². The van der Waals surface area contributed by atoms with Crippen molar-refractivity contribution in [2.45, 2.75) is 109 Å². The Hall–Kier alpha value is -1.10. The van der Waals surface area contributed by atoms with Crippen molar-refractivity contribution in [3.63, 3.8) is 0 Å². The highest BCUT2D eigenvalue weighted by Crippen LogP contribution is 2.20. The van der Waals surface area contributed by atoms with E-state index in [-0.39, 0.29) is 18.0 Å². The quantitative estimate of drug-likeness (QED) is 0.223. The Morgan fingerprint density at radius 2 is 1.60 bits per heavy atom. The molecule has 0 radical (unpaired) electrons. The molecule has 0 aromatic carbocycles. The van der Waals surface area contributed by atoms with Crippen LogP contribution in [-0.2, 0) is 14.3 Å². The fourth-order valence-corrected chi connectivity index (χ4v) is 5.05. The van der Waals surface area contributed by atoms with E-state index >= 15 is 0 Å². The second-order valence-electron chi connectivity index (χ2n) is 9.94. The number of likely N-dealkylation sites (N-methyl/N-ethyl adjacent to an activating group) is 1. The topological polar surface area (TPSA) is 46.6 Å². The molecule has 0 aliphatic carbocycles. The van der Waals surface area contributed by atoms with Crippen LogP contribution in [0.3, 0.4) is 0 Å². The summed E-state index contributed by atoms with van der Waals surface area (Å²) in [6, 6.07) is 0. The van der Waals surface area contributed by atoms with E-state index in [9.17, 15) is 9.59 Å². The van der Waals surface area contributed by atoms with Crippen LogP contribution in [0.2, 0.25) is 0 Å². The Bertz CT molecular complexity index is 501. The van der Waals surface area contributed by atoms with E-state index in [0.717, 1.165) is 49.9 Å². The number of quaternary nitrogens is 1. The summed E-state index contributed by atoms with van der Waals surface area (Å²) in [5.41, 5.74) is 0. The second kappa shape index (κ2) is 14.1. The Morgan fingerprint density at radius 3 is 2.20 bits per heavy atom. The average molecular weight is 424 g/mol. The van der Waals surface area contributed by atoms with Gasteiger partial charge in [-0.2, -0.15) is 0 Å². The summed E-state index contributed by atoms with van der Waals surface area (Å²) in [6.45, 7) is 6.78. The number of nitrogens with zero attached hydrogens (tertiary/aromatic N) is 2. The lowest BCUT2D eigenvalue weighted by Gasteiger charge is -2.37. The third kappa shape index (κ3) is 9.80. The molecule has 0 aromatic heterocycles. The molecule has 2 rings (SSSR count). The summed E-state index contributed by atoms with van der Waals surface area (Å²) in [4.78, 5) is 26.6. The minimum atomic E-state index is -0.170. The Balaban J connectivity index is 1.76. The van der Waals surface area contributed by atoms with E-state index in [4.69, 9.17) is 4.74 Å². The van der Waals surface area contributed by atoms with Crippen LogP contribution < -0.4 is 0 Å². The molecule has 1 amide bonds. The minimum absolute atomic E-state index is 0.0703. The highest BCUT2D eigenvalue weighted by molar-refractivity contribution is 5.78. The zero-order chi connectivity index (χ0) is 21.7. The van der Waals surface area contributed by atoms with Gasteiger partial charge in [-0.1, -0.05) is 51.9 Å². The number of esters is 1. The maximum Gasteiger partial charge on any atom is 0.306 e. The highest BCUT2D eigenvalue weighted by Gasteiger charge is 2.33. The standard InChI is InChI=1S/C25H47N2O3/c1-3-4-5-6-7-8-9-12-17-25(29)30-23(21-26-18-15-16-24(26)28)22-27(2)19-13-10-11-14-20-27/h23H,3-22H2,1-2H3/q+1. The molecule has 5 nitrogen and oxygen atoms in total. The molecule has 1 unspecified atom stereocenters. The van der Waals surface area contributed by atoms with Crippen LogP contribution in [0.4, 0.5) is 0 Å². The van der Waals surface area contributed by atoms with E-state index in [1.54, 1.807) is 0 Å². The molecule has 2 aliphatic rings. The Labute approximate surface area is 185 Å². The number of hydrogen-bond donors (Lipinski definition) is 0. The van der Waals surface area contributed by atoms with E-state index in [1.807, 2.05) is 4.90 Å². The van der Waals surface area contributed by atoms with Crippen molar-refractivity contribution in [3.05, 3.63) is 0 Å². The van der Waals surface area contributed by atoms with Crippen LogP contribution in [-0.4, -0.2) is 67.1 Å². The number of likely N-dealkylation sites (tertiary alicyclic amines) is 2. The lowest BCUT2D eigenvalue weighted by Crippen LogP contribution is -2.53. The first-order chi connectivity index (χ1) is 14.5. The third-order valence-electron chi connectivity index (χ3n) is 6.92. The van der Waals surface area contributed by atoms with Gasteiger partial charge in [-0.25, -0.2) is 0 Å². The van der Waals surface area contributed by atoms with Crippen molar-refractivity contribution < 1.29 is 18.8 Å². The van der Waals surface area contributed by atoms with Crippen LogP contribution in [0.15, 0.2) is 0 Å². The van der Waals surface area contributed by atoms with Gasteiger partial charge in [0.05, 0.1) is 26.7 Å². The zero-order valence-corrected chi connectivity index (χ0v) is 19.8. The van der Waals surface area contributed by atoms with Crippen LogP contribution in [0.5, 0.6) is 0 Å². The molecule has 0 saturated carbocycles. The summed E-state index contributed by atoms with van der Waals surface area (Å²) < 4.78 is 6.95. The van der Waals surface area contributed by atoms with Crippen molar-refractivity contribution in [2.75, 3.05) is 39.8 Å². The third-order valence-corrected chi connectivity index (χ3v) is 6.92. The van der Waals surface area contributed by atoms with E-state index in [0.29, 0.717) is 19.4 Å². The molecule has 0 spiro atoms. The van der Waals surface area contributed by atoms with Crippen molar-refractivity contribution in [3.8, 4) is 0 Å². The first kappa shape index (κ1) is 25.2. The van der Waals surface area contributed by atoms with Gasteiger partial charge in [-0.15, -0.1) is 0 Å². The molecule has 174 valence electrons. The largest absolute Gasteiger partial charge is 0.454 e. The van der Waals surface area contributed by atoms with Crippen molar-refractivity contribution in [1.82, 2.24) is 4.90 Å². The summed E-state index contributed by atoms with van der Waals surface area (Å²) in [7, 11) is 2.30. The van der Waals surface area contributed by atoms with Gasteiger partial charge in [0.25, 0.3) is 0 Å². The fraction of sp³-hybridized carbons (Fsp3) is 0.920. The van der Waals surface area contributed by atoms with Crippen molar-refractivity contribution in [1.29, 1.82) is 0 Å². The Kier molecular flexibility index (Phi) is 11.8. The van der Waals surface area contributed by atoms with Crippen LogP contribution in [0.1, 0.15) is 103 Å². The number of carbonyl (C=O) groups is 2. The molecule has 1 atom stereocenters. The van der Waals surface area contributed by atoms with Gasteiger partial charge in [0.2, 0.25) is 5.91 Å². The lowest BCUT2D eigenvalue weighted by atomic mass is 10.1. The molecular formula is C25H47N2O3+. The van der Waals surface area contributed by atoms with E-state index < -0.39 is 0 Å². The van der Waals surface area contributed by atoms with Crippen LogP contribution in [0, 0.1) is 0 Å². The molecule has 5 heteroatoms. The molecule has 2 fully saturated rings. The van der Waals surface area contributed by atoms with Gasteiger partial charge in [0.15, 0.2) is 6.10 Å². The second-order valence-corrected chi connectivity index (χ2v) is 9.94. The monoisotopic (exact) mass is 423 g/mol. The van der Waals surface area contributed by atoms with Gasteiger partial charge in [-0.3, -0.25) is 9.59 Å². The number of carbonyl (C=O) groups excluding carboxylic acids is 2. The average Bonchev–Trinajstić information content (AvgIpc) is 2.98. The molecule has 0 aromatic rings. The number of ether oxygens (including phenoxy) is 1. The minimum Gasteiger partial charge on any atom is -0.454 e. The normalized spacial score (nSPS) is 20.2. The van der Waals surface area contributed by atoms with Crippen molar-refractivity contribution >= 4 is 11.9 Å². The van der Waals surface area contributed by atoms with Gasteiger partial charge in [0.1, 0.15) is 6.54 Å². The lowest BCUT2D eigenvalue weighted by molar-refractivity contribution is -0.911. The van der Waals surface area contributed by atoms with E-state index in [1.165, 1.54) is 64.2 Å². The number of unbranched alkanes of at least 4 members (excludes halogenated alkanes) is 7. The first-order valence-electron chi connectivity index (χ1n) is 12.8. The van der Waals surface area contributed by atoms with E-state index in [2.05, 4.69) is 14.0 Å². The van der Waals surface area contributed by atoms with Gasteiger partial charge < -0.3 is 14.1 Å². The summed E-state index contributed by atoms with van der Waals surface area (Å²) in [6.07, 6.45) is 16.9. The van der Waals surface area contributed by atoms with Crippen molar-refractivity contribution in [2.24, 2.45) is 0 Å². The van der Waals surface area contributed by atoms with Crippen LogP contribution >= 0.6 is 0 Å². The van der Waals surface area contributed by atoms with Gasteiger partial charge >= 0.3 is 5.97 Å². The fourth-order valence-electron chi connectivity index (χ4n) is 5.05. The maximum atomic E-state index is 12.6. The highest BCUT2D eigenvalue weighted by atomic mass is 16.5. The summed E-state index contributed by atoms with van der Waals surface area (Å²) >= 11 is 0. The SMILES string of the molecule is CCCCCCCCCCC(=O)OC(CN1CCCC1=O)C[N+]1(C)CCCCCC1. The number of amides is 1. The first-order valence-corrected chi connectivity index (χ1v) is 12.8. The molecule has 2 aliphatic heterocycles. The molecule has 0 N–H and O–H groups in total. The zero-order valence-electron chi connectivity index (χ0n) is 19.8. The maximum absolute atomic E-state index is 12.6. The molecule has 0 bridgehead atoms. The van der Waals surface area contributed by atoms with Gasteiger partial charge in [-0.05, 0) is 38.5 Å². The summed E-state index contributed by atoms with van der Waals surface area (Å²) in [5.74, 6) is 0.150. The smallest absolute Gasteiger partial charge is 0.306 e. The summed E-state index contributed by atoms with van der Waals surface area (Å²) in [5, 5.41) is 0. The molecule has 30 heavy (non-hydrogen) atoms. The molecular weight excluding hydrogens is 376 g/mol. The van der Waals surface area contributed by atoms with Gasteiger partial charge in [0, 0.05) is 19.4 Å². The number of hydrogen-bond acceptors (Lipinski definition) is 3.